The van der Waals surface area contributed by atoms with E-state index >= 15 is 0 Å². The summed E-state index contributed by atoms with van der Waals surface area (Å²) in [5.74, 6) is 1.31. The minimum Gasteiger partial charge on any atom is -0.465 e. The van der Waals surface area contributed by atoms with E-state index in [-0.39, 0.29) is 11.5 Å². The summed E-state index contributed by atoms with van der Waals surface area (Å²) < 4.78 is 6.07. The Morgan fingerprint density at radius 3 is 2.53 bits per heavy atom. The maximum absolute atomic E-state index is 11.9. The van der Waals surface area contributed by atoms with Gasteiger partial charge in [-0.2, -0.15) is 5.26 Å². The number of fused-ring (bicyclic) bond motifs is 1. The Balaban J connectivity index is 1.80. The van der Waals surface area contributed by atoms with Gasteiger partial charge in [0, 0.05) is 37.5 Å². The lowest BCUT2D eigenvalue weighted by molar-refractivity contribution is -0.0407. The summed E-state index contributed by atoms with van der Waals surface area (Å²) >= 11 is 0. The Hall–Kier alpha value is -2.33. The van der Waals surface area contributed by atoms with Crippen LogP contribution in [0.1, 0.15) is 75.8 Å². The van der Waals surface area contributed by atoms with Gasteiger partial charge < -0.3 is 14.7 Å². The van der Waals surface area contributed by atoms with Crippen molar-refractivity contribution in [3.05, 3.63) is 22.4 Å². The Morgan fingerprint density at radius 1 is 1.27 bits per heavy atom. The zero-order valence-corrected chi connectivity index (χ0v) is 18.7. The fourth-order valence-electron chi connectivity index (χ4n) is 4.84. The number of nitrogens with zero attached hydrogens (tertiary/aromatic N) is 4. The van der Waals surface area contributed by atoms with Gasteiger partial charge in [-0.1, -0.05) is 13.8 Å². The first-order chi connectivity index (χ1) is 14.1. The number of carboxylic acid groups (broad SMARTS) is 1. The summed E-state index contributed by atoms with van der Waals surface area (Å²) in [5, 5.41) is 19.9. The molecule has 2 aliphatic heterocycles. The molecule has 0 bridgehead atoms. The first-order valence-electron chi connectivity index (χ1n) is 10.9. The molecule has 1 amide bonds. The largest absolute Gasteiger partial charge is 0.465 e. The average molecular weight is 413 g/mol. The van der Waals surface area contributed by atoms with Gasteiger partial charge in [0.05, 0.1) is 29.0 Å². The zero-order valence-electron chi connectivity index (χ0n) is 18.7. The Bertz CT molecular complexity index is 916. The van der Waals surface area contributed by atoms with E-state index in [0.717, 1.165) is 35.5 Å². The molecule has 0 radical (unpaired) electrons. The van der Waals surface area contributed by atoms with E-state index in [0.29, 0.717) is 44.1 Å². The van der Waals surface area contributed by atoms with Crippen molar-refractivity contribution in [2.24, 2.45) is 5.92 Å². The van der Waals surface area contributed by atoms with E-state index in [1.807, 2.05) is 6.92 Å². The van der Waals surface area contributed by atoms with Crippen LogP contribution in [0.25, 0.3) is 0 Å². The highest BCUT2D eigenvalue weighted by Crippen LogP contribution is 2.46. The zero-order chi connectivity index (χ0) is 21.8. The van der Waals surface area contributed by atoms with Gasteiger partial charge in [0.1, 0.15) is 11.9 Å². The molecule has 1 aromatic rings. The fourth-order valence-corrected chi connectivity index (χ4v) is 4.84. The van der Waals surface area contributed by atoms with E-state index in [2.05, 4.69) is 38.7 Å². The van der Waals surface area contributed by atoms with E-state index in [4.69, 9.17) is 9.72 Å². The number of piperazine rings is 1. The van der Waals surface area contributed by atoms with Crippen LogP contribution in [-0.2, 0) is 17.8 Å². The molecule has 1 aliphatic carbocycles. The molecule has 7 nitrogen and oxygen atoms in total. The molecule has 4 rings (SSSR count). The summed E-state index contributed by atoms with van der Waals surface area (Å²) in [4.78, 5) is 20.6. The number of pyridine rings is 1. The lowest BCUT2D eigenvalue weighted by atomic mass is 9.83. The fraction of sp³-hybridized carbons (Fsp3) is 0.696. The normalized spacial score (nSPS) is 25.8. The SMILES string of the molecule is CC(C)C1(C)CN(c2nc(C3CC3)c3c(c2C#N)CC(C)(C)OC3)CCN1C(=O)O. The maximum atomic E-state index is 11.9. The second-order valence-electron chi connectivity index (χ2n) is 10.1. The molecule has 1 unspecified atom stereocenters. The summed E-state index contributed by atoms with van der Waals surface area (Å²) in [7, 11) is 0. The third-order valence-electron chi connectivity index (χ3n) is 7.21. The Kier molecular flexibility index (Phi) is 4.97. The van der Waals surface area contributed by atoms with Gasteiger partial charge in [-0.25, -0.2) is 9.78 Å². The quantitative estimate of drug-likeness (QED) is 0.810. The molecule has 1 aromatic heterocycles. The molecule has 1 N–H and O–H groups in total. The number of anilines is 1. The molecule has 7 heteroatoms. The minimum absolute atomic E-state index is 0.134. The Labute approximate surface area is 178 Å². The second kappa shape index (κ2) is 7.12. The van der Waals surface area contributed by atoms with Crippen LogP contribution in [0.15, 0.2) is 0 Å². The van der Waals surface area contributed by atoms with Crippen LogP contribution < -0.4 is 4.90 Å². The van der Waals surface area contributed by atoms with Crippen LogP contribution in [0.5, 0.6) is 0 Å². The number of rotatable bonds is 3. The van der Waals surface area contributed by atoms with Crippen molar-refractivity contribution in [1.82, 2.24) is 9.88 Å². The number of amides is 1. The van der Waals surface area contributed by atoms with Gasteiger partial charge in [-0.15, -0.1) is 0 Å². The van der Waals surface area contributed by atoms with Crippen molar-refractivity contribution in [1.29, 1.82) is 5.26 Å². The van der Waals surface area contributed by atoms with Gasteiger partial charge in [-0.05, 0) is 45.1 Å². The summed E-state index contributed by atoms with van der Waals surface area (Å²) in [6.45, 7) is 12.2. The van der Waals surface area contributed by atoms with Crippen LogP contribution in [0, 0.1) is 17.2 Å². The maximum Gasteiger partial charge on any atom is 0.407 e. The number of hydrogen-bond acceptors (Lipinski definition) is 5. The molecule has 1 saturated carbocycles. The van der Waals surface area contributed by atoms with Crippen LogP contribution >= 0.6 is 0 Å². The predicted molar refractivity (Wildman–Crippen MR) is 114 cm³/mol. The van der Waals surface area contributed by atoms with Crippen molar-refractivity contribution in [3.63, 3.8) is 0 Å². The van der Waals surface area contributed by atoms with Crippen LogP contribution in [0.3, 0.4) is 0 Å². The lowest BCUT2D eigenvalue weighted by Crippen LogP contribution is -2.65. The third-order valence-corrected chi connectivity index (χ3v) is 7.21. The van der Waals surface area contributed by atoms with Crippen molar-refractivity contribution >= 4 is 11.9 Å². The van der Waals surface area contributed by atoms with Gasteiger partial charge in [0.25, 0.3) is 0 Å². The highest BCUT2D eigenvalue weighted by Gasteiger charge is 2.45. The van der Waals surface area contributed by atoms with Crippen molar-refractivity contribution in [2.75, 3.05) is 24.5 Å². The topological polar surface area (TPSA) is 89.7 Å². The van der Waals surface area contributed by atoms with E-state index < -0.39 is 11.6 Å². The molecule has 0 spiro atoms. The van der Waals surface area contributed by atoms with E-state index in [1.54, 1.807) is 4.90 Å². The molecule has 2 fully saturated rings. The molecule has 3 aliphatic rings. The highest BCUT2D eigenvalue weighted by molar-refractivity contribution is 5.68. The third kappa shape index (κ3) is 3.41. The number of aromatic nitrogens is 1. The van der Waals surface area contributed by atoms with Crippen molar-refractivity contribution in [2.45, 2.75) is 77.5 Å². The standard InChI is InChI=1S/C23H32N4O3/c1-14(2)23(5)13-26(8-9-27(23)21(28)29)20-17(11-24)16-10-22(3,4)30-12-18(16)19(25-20)15-6-7-15/h14-15H,6-10,12-13H2,1-5H3,(H,28,29). The van der Waals surface area contributed by atoms with E-state index in [9.17, 15) is 15.2 Å². The Morgan fingerprint density at radius 2 is 1.97 bits per heavy atom. The molecule has 1 atom stereocenters. The predicted octanol–water partition coefficient (Wildman–Crippen LogP) is 3.90. The summed E-state index contributed by atoms with van der Waals surface area (Å²) in [6.07, 6.45) is 2.06. The number of hydrogen-bond donors (Lipinski definition) is 1. The van der Waals surface area contributed by atoms with Crippen LogP contribution in [0.2, 0.25) is 0 Å². The van der Waals surface area contributed by atoms with Crippen molar-refractivity contribution in [3.8, 4) is 6.07 Å². The molecular formula is C23H32N4O3. The molecule has 3 heterocycles. The van der Waals surface area contributed by atoms with Crippen LogP contribution in [0.4, 0.5) is 10.6 Å². The molecule has 30 heavy (non-hydrogen) atoms. The molecule has 162 valence electrons. The molecular weight excluding hydrogens is 380 g/mol. The van der Waals surface area contributed by atoms with Gasteiger partial charge in [0.15, 0.2) is 0 Å². The smallest absolute Gasteiger partial charge is 0.407 e. The monoisotopic (exact) mass is 412 g/mol. The number of nitriles is 1. The van der Waals surface area contributed by atoms with E-state index in [1.165, 1.54) is 0 Å². The summed E-state index contributed by atoms with van der Waals surface area (Å²) in [5.41, 5.74) is 3.05. The first-order valence-corrected chi connectivity index (χ1v) is 10.9. The lowest BCUT2D eigenvalue weighted by Gasteiger charge is -2.50. The minimum atomic E-state index is -0.887. The van der Waals surface area contributed by atoms with Gasteiger partial charge in [0.2, 0.25) is 0 Å². The second-order valence-corrected chi connectivity index (χ2v) is 10.1. The number of carbonyl (C=O) groups is 1. The van der Waals surface area contributed by atoms with Gasteiger partial charge in [-0.3, -0.25) is 4.90 Å². The van der Waals surface area contributed by atoms with Crippen LogP contribution in [-0.4, -0.2) is 51.9 Å². The molecule has 0 aromatic carbocycles. The number of ether oxygens (including phenoxy) is 1. The molecule has 1 saturated heterocycles. The highest BCUT2D eigenvalue weighted by atomic mass is 16.5. The van der Waals surface area contributed by atoms with Gasteiger partial charge >= 0.3 is 6.09 Å². The van der Waals surface area contributed by atoms with Crippen molar-refractivity contribution < 1.29 is 14.6 Å². The first kappa shape index (κ1) is 20.9. The average Bonchev–Trinajstić information content (AvgIpc) is 3.50. The summed E-state index contributed by atoms with van der Waals surface area (Å²) in [6, 6.07) is 2.45.